The number of fused-ring (bicyclic) bond motifs is 1. The smallest absolute Gasteiger partial charge is 0.263 e. The molecule has 1 aliphatic rings. The zero-order valence-corrected chi connectivity index (χ0v) is 20.4. The normalized spacial score (nSPS) is 15.0. The van der Waals surface area contributed by atoms with Gasteiger partial charge >= 0.3 is 0 Å². The number of amides is 2. The van der Waals surface area contributed by atoms with E-state index in [1.807, 2.05) is 36.4 Å². The van der Waals surface area contributed by atoms with Crippen molar-refractivity contribution >= 4 is 33.2 Å². The van der Waals surface area contributed by atoms with Crippen molar-refractivity contribution in [3.05, 3.63) is 90.0 Å². The van der Waals surface area contributed by atoms with E-state index in [4.69, 9.17) is 4.74 Å². The zero-order valence-electron chi connectivity index (χ0n) is 19.5. The summed E-state index contributed by atoms with van der Waals surface area (Å²) in [7, 11) is -1.90. The third-order valence-electron chi connectivity index (χ3n) is 5.83. The van der Waals surface area contributed by atoms with Crippen molar-refractivity contribution < 1.29 is 22.7 Å². The minimum Gasteiger partial charge on any atom is -0.477 e. The molecular weight excluding hydrogens is 466 g/mol. The monoisotopic (exact) mass is 493 g/mol. The lowest BCUT2D eigenvalue weighted by molar-refractivity contribution is -0.128. The molecule has 0 saturated heterocycles. The second-order valence-electron chi connectivity index (χ2n) is 8.36. The Balaban J connectivity index is 1.47. The molecule has 0 bridgehead atoms. The summed E-state index contributed by atoms with van der Waals surface area (Å²) in [6.45, 7) is 0.453. The first-order valence-electron chi connectivity index (χ1n) is 11.1. The van der Waals surface area contributed by atoms with E-state index in [-0.39, 0.29) is 24.8 Å². The molecule has 3 aromatic carbocycles. The lowest BCUT2D eigenvalue weighted by atomic mass is 10.1. The second kappa shape index (κ2) is 10.2. The van der Waals surface area contributed by atoms with Crippen LogP contribution >= 0.6 is 0 Å². The van der Waals surface area contributed by atoms with Gasteiger partial charge in [-0.1, -0.05) is 54.6 Å². The maximum Gasteiger partial charge on any atom is 0.263 e. The van der Waals surface area contributed by atoms with Crippen LogP contribution in [0.4, 0.5) is 11.4 Å². The first kappa shape index (κ1) is 24.3. The molecule has 1 heterocycles. The average Bonchev–Trinajstić information content (AvgIpc) is 2.86. The molecule has 0 saturated carbocycles. The van der Waals surface area contributed by atoms with Crippen LogP contribution in [0.5, 0.6) is 5.75 Å². The molecule has 1 aliphatic heterocycles. The van der Waals surface area contributed by atoms with E-state index in [1.165, 1.54) is 11.4 Å². The van der Waals surface area contributed by atoms with Crippen molar-refractivity contribution in [3.63, 3.8) is 0 Å². The molecule has 0 spiro atoms. The van der Waals surface area contributed by atoms with E-state index in [0.29, 0.717) is 23.7 Å². The number of rotatable bonds is 7. The van der Waals surface area contributed by atoms with Crippen molar-refractivity contribution in [2.75, 3.05) is 29.1 Å². The van der Waals surface area contributed by atoms with E-state index in [9.17, 15) is 18.0 Å². The van der Waals surface area contributed by atoms with Gasteiger partial charge in [-0.25, -0.2) is 8.42 Å². The van der Waals surface area contributed by atoms with Gasteiger partial charge in [-0.05, 0) is 35.4 Å². The number of carbonyl (C=O) groups is 2. The van der Waals surface area contributed by atoms with Gasteiger partial charge in [-0.15, -0.1) is 0 Å². The molecule has 0 aromatic heterocycles. The molecule has 1 unspecified atom stereocenters. The van der Waals surface area contributed by atoms with Crippen LogP contribution in [-0.2, 0) is 32.6 Å². The Kier molecular flexibility index (Phi) is 7.07. The van der Waals surface area contributed by atoms with Crippen molar-refractivity contribution in [2.45, 2.75) is 19.1 Å². The van der Waals surface area contributed by atoms with Crippen LogP contribution in [0.25, 0.3) is 0 Å². The van der Waals surface area contributed by atoms with Gasteiger partial charge < -0.3 is 15.0 Å². The van der Waals surface area contributed by atoms with Gasteiger partial charge in [-0.3, -0.25) is 13.9 Å². The molecule has 0 radical (unpaired) electrons. The molecule has 9 heteroatoms. The molecule has 0 fully saturated rings. The second-order valence-corrected chi connectivity index (χ2v) is 10.4. The van der Waals surface area contributed by atoms with Gasteiger partial charge in [0.1, 0.15) is 5.75 Å². The van der Waals surface area contributed by atoms with Gasteiger partial charge in [0.15, 0.2) is 6.10 Å². The van der Waals surface area contributed by atoms with E-state index in [1.54, 1.807) is 47.4 Å². The minimum atomic E-state index is -3.37. The molecule has 0 aliphatic carbocycles. The molecule has 4 rings (SSSR count). The highest BCUT2D eigenvalue weighted by Gasteiger charge is 2.33. The average molecular weight is 494 g/mol. The molecule has 1 N–H and O–H groups in total. The largest absolute Gasteiger partial charge is 0.477 e. The highest BCUT2D eigenvalue weighted by molar-refractivity contribution is 7.92. The Morgan fingerprint density at radius 1 is 0.971 bits per heavy atom. The number of nitrogens with one attached hydrogen (secondary N) is 1. The summed E-state index contributed by atoms with van der Waals surface area (Å²) in [6.07, 6.45) is 0.380. The van der Waals surface area contributed by atoms with E-state index < -0.39 is 16.1 Å². The van der Waals surface area contributed by atoms with Crippen molar-refractivity contribution in [2.24, 2.45) is 0 Å². The third kappa shape index (κ3) is 5.81. The zero-order chi connectivity index (χ0) is 25.0. The summed E-state index contributed by atoms with van der Waals surface area (Å²) in [4.78, 5) is 27.7. The SMILES string of the molecule is CN(c1ccc(CC(=O)N2CC(C(=O)NCc3ccccc3)Oc3ccccc32)cc1)S(C)(=O)=O. The molecule has 2 amide bonds. The summed E-state index contributed by atoms with van der Waals surface area (Å²) in [5.74, 6) is -0.0164. The van der Waals surface area contributed by atoms with Crippen LogP contribution in [0.1, 0.15) is 11.1 Å². The van der Waals surface area contributed by atoms with Gasteiger partial charge in [0.05, 0.1) is 30.6 Å². The number of anilines is 2. The number of para-hydroxylation sites is 2. The Hall–Kier alpha value is -3.85. The maximum absolute atomic E-state index is 13.3. The fraction of sp³-hybridized carbons (Fsp3) is 0.231. The standard InChI is InChI=1S/C26H27N3O5S/c1-28(35(2,32)33)21-14-12-19(13-15-21)16-25(30)29-18-24(34-23-11-7-6-10-22(23)29)26(31)27-17-20-8-4-3-5-9-20/h3-15,24H,16-18H2,1-2H3,(H,27,31). The molecule has 35 heavy (non-hydrogen) atoms. The lowest BCUT2D eigenvalue weighted by Gasteiger charge is -2.34. The summed E-state index contributed by atoms with van der Waals surface area (Å²) < 4.78 is 30.6. The number of nitrogens with zero attached hydrogens (tertiary/aromatic N) is 2. The van der Waals surface area contributed by atoms with Crippen LogP contribution in [-0.4, -0.2) is 46.2 Å². The van der Waals surface area contributed by atoms with Crippen molar-refractivity contribution in [1.82, 2.24) is 5.32 Å². The lowest BCUT2D eigenvalue weighted by Crippen LogP contribution is -2.51. The predicted molar refractivity (Wildman–Crippen MR) is 135 cm³/mol. The third-order valence-corrected chi connectivity index (χ3v) is 7.04. The van der Waals surface area contributed by atoms with Crippen LogP contribution < -0.4 is 19.3 Å². The highest BCUT2D eigenvalue weighted by atomic mass is 32.2. The Labute approximate surface area is 205 Å². The fourth-order valence-corrected chi connectivity index (χ4v) is 4.30. The number of sulfonamides is 1. The fourth-order valence-electron chi connectivity index (χ4n) is 3.79. The first-order chi connectivity index (χ1) is 16.7. The number of carbonyl (C=O) groups excluding carboxylic acids is 2. The van der Waals surface area contributed by atoms with Gasteiger partial charge in [-0.2, -0.15) is 0 Å². The van der Waals surface area contributed by atoms with Crippen LogP contribution in [0, 0.1) is 0 Å². The number of ether oxygens (including phenoxy) is 1. The Morgan fingerprint density at radius 3 is 2.31 bits per heavy atom. The van der Waals surface area contributed by atoms with Gasteiger partial charge in [0.2, 0.25) is 15.9 Å². The predicted octanol–water partition coefficient (Wildman–Crippen LogP) is 2.74. The van der Waals surface area contributed by atoms with E-state index in [2.05, 4.69) is 5.32 Å². The van der Waals surface area contributed by atoms with E-state index in [0.717, 1.165) is 17.4 Å². The topological polar surface area (TPSA) is 96.0 Å². The van der Waals surface area contributed by atoms with Crippen LogP contribution in [0.2, 0.25) is 0 Å². The minimum absolute atomic E-state index is 0.0887. The summed E-state index contributed by atoms with van der Waals surface area (Å²) in [6, 6.07) is 23.5. The maximum atomic E-state index is 13.3. The molecular formula is C26H27N3O5S. The first-order valence-corrected chi connectivity index (χ1v) is 13.0. The van der Waals surface area contributed by atoms with E-state index >= 15 is 0 Å². The highest BCUT2D eigenvalue weighted by Crippen LogP contribution is 2.33. The number of benzene rings is 3. The summed E-state index contributed by atoms with van der Waals surface area (Å²) >= 11 is 0. The molecule has 8 nitrogen and oxygen atoms in total. The van der Waals surface area contributed by atoms with Crippen molar-refractivity contribution in [1.29, 1.82) is 0 Å². The Morgan fingerprint density at radius 2 is 1.63 bits per heavy atom. The summed E-state index contributed by atoms with van der Waals surface area (Å²) in [5, 5.41) is 2.88. The molecule has 182 valence electrons. The molecule has 3 aromatic rings. The van der Waals surface area contributed by atoms with Crippen LogP contribution in [0.3, 0.4) is 0 Å². The van der Waals surface area contributed by atoms with Crippen LogP contribution in [0.15, 0.2) is 78.9 Å². The Bertz CT molecular complexity index is 1310. The van der Waals surface area contributed by atoms with Gasteiger partial charge in [0.25, 0.3) is 5.91 Å². The quantitative estimate of drug-likeness (QED) is 0.546. The number of hydrogen-bond acceptors (Lipinski definition) is 5. The number of hydrogen-bond donors (Lipinski definition) is 1. The van der Waals surface area contributed by atoms with Gasteiger partial charge in [0, 0.05) is 13.6 Å². The van der Waals surface area contributed by atoms with Crippen molar-refractivity contribution in [3.8, 4) is 5.75 Å². The molecule has 1 atom stereocenters. The summed E-state index contributed by atoms with van der Waals surface area (Å²) in [5.41, 5.74) is 2.82.